The van der Waals surface area contributed by atoms with Gasteiger partial charge in [-0.3, -0.25) is 0 Å². The zero-order chi connectivity index (χ0) is 15.4. The van der Waals surface area contributed by atoms with Crippen molar-refractivity contribution in [1.82, 2.24) is 0 Å². The highest BCUT2D eigenvalue weighted by molar-refractivity contribution is 7.08. The van der Waals surface area contributed by atoms with Crippen molar-refractivity contribution in [3.63, 3.8) is 0 Å². The summed E-state index contributed by atoms with van der Waals surface area (Å²) in [6.07, 6.45) is 6.61. The third kappa shape index (κ3) is 5.66. The molecule has 0 bridgehead atoms. The quantitative estimate of drug-likeness (QED) is 0.411. The van der Waals surface area contributed by atoms with Gasteiger partial charge in [0.05, 0.1) is 0 Å². The maximum Gasteiger partial charge on any atom is 0.268 e. The molecule has 0 aliphatic carbocycles. The van der Waals surface area contributed by atoms with Gasteiger partial charge in [0, 0.05) is 12.8 Å². The highest BCUT2D eigenvalue weighted by Crippen LogP contribution is 2.05. The predicted octanol–water partition coefficient (Wildman–Crippen LogP) is 4.53. The number of rotatable bonds is 6. The number of benzene rings is 1. The molecule has 0 fully saturated rings. The van der Waals surface area contributed by atoms with E-state index in [1.54, 1.807) is 0 Å². The largest absolute Gasteiger partial charge is 0.268 e. The molecule has 0 nitrogen and oxygen atoms in total. The molecule has 0 spiro atoms. The maximum atomic E-state index is 4.06. The molecular weight excluding hydrogens is 268 g/mol. The van der Waals surface area contributed by atoms with E-state index >= 15 is 0 Å². The predicted molar refractivity (Wildman–Crippen MR) is 96.6 cm³/mol. The molecule has 0 N–H and O–H groups in total. The van der Waals surface area contributed by atoms with E-state index in [2.05, 4.69) is 67.6 Å². The third-order valence-electron chi connectivity index (χ3n) is 3.42. The summed E-state index contributed by atoms with van der Waals surface area (Å²) >= 11 is 0. The van der Waals surface area contributed by atoms with Crippen LogP contribution >= 0.6 is 0 Å². The molecule has 1 heteroatoms. The van der Waals surface area contributed by atoms with E-state index in [-0.39, 0.29) is 0 Å². The van der Waals surface area contributed by atoms with Gasteiger partial charge in [-0.2, -0.15) is 0 Å². The second-order valence-corrected chi connectivity index (χ2v) is 8.29. The van der Waals surface area contributed by atoms with Crippen molar-refractivity contribution in [3.05, 3.63) is 42.6 Å². The Morgan fingerprint density at radius 1 is 0.952 bits per heavy atom. The van der Waals surface area contributed by atoms with Crippen LogP contribution in [-0.2, 0) is 0 Å². The molecule has 0 heterocycles. The molecule has 1 aromatic rings. The van der Waals surface area contributed by atoms with Gasteiger partial charge in [-0.25, -0.2) is 0 Å². The SMILES string of the molecule is C=C[Si](C#CCCCC)(C#CCCCC)c1ccccc1. The van der Waals surface area contributed by atoms with E-state index in [4.69, 9.17) is 0 Å². The fraction of sp³-hybridized carbons (Fsp3) is 0.400. The first kappa shape index (κ1) is 17.3. The summed E-state index contributed by atoms with van der Waals surface area (Å²) in [5.41, 5.74) is 9.04. The zero-order valence-electron chi connectivity index (χ0n) is 13.4. The van der Waals surface area contributed by atoms with Crippen molar-refractivity contribution in [2.75, 3.05) is 0 Å². The van der Waals surface area contributed by atoms with E-state index in [0.29, 0.717) is 0 Å². The van der Waals surface area contributed by atoms with Crippen molar-refractivity contribution < 1.29 is 0 Å². The highest BCUT2D eigenvalue weighted by atomic mass is 28.3. The molecule has 0 amide bonds. The molecule has 1 aromatic carbocycles. The normalized spacial score (nSPS) is 10.0. The molecule has 0 radical (unpaired) electrons. The van der Waals surface area contributed by atoms with E-state index < -0.39 is 8.07 Å². The lowest BCUT2D eigenvalue weighted by molar-refractivity contribution is 0.828. The summed E-state index contributed by atoms with van der Waals surface area (Å²) < 4.78 is 0. The van der Waals surface area contributed by atoms with Gasteiger partial charge < -0.3 is 0 Å². The van der Waals surface area contributed by atoms with Crippen molar-refractivity contribution >= 4 is 13.3 Å². The lowest BCUT2D eigenvalue weighted by Gasteiger charge is -2.15. The molecular formula is C20H26Si. The van der Waals surface area contributed by atoms with E-state index in [9.17, 15) is 0 Å². The summed E-state index contributed by atoms with van der Waals surface area (Å²) in [6.45, 7) is 8.46. The average molecular weight is 295 g/mol. The van der Waals surface area contributed by atoms with Crippen LogP contribution < -0.4 is 5.19 Å². The van der Waals surface area contributed by atoms with E-state index in [1.165, 1.54) is 18.0 Å². The lowest BCUT2D eigenvalue weighted by atomic mass is 10.3. The van der Waals surface area contributed by atoms with Crippen LogP contribution in [0.5, 0.6) is 0 Å². The van der Waals surface area contributed by atoms with Crippen LogP contribution in [0, 0.1) is 22.9 Å². The molecule has 0 aliphatic heterocycles. The molecule has 0 atom stereocenters. The van der Waals surface area contributed by atoms with Crippen LogP contribution in [0.1, 0.15) is 52.4 Å². The fourth-order valence-corrected chi connectivity index (χ4v) is 4.35. The summed E-state index contributed by atoms with van der Waals surface area (Å²) in [6, 6.07) is 10.5. The Balaban J connectivity index is 3.08. The van der Waals surface area contributed by atoms with Gasteiger partial charge in [0.25, 0.3) is 8.07 Å². The van der Waals surface area contributed by atoms with Gasteiger partial charge in [-0.15, -0.1) is 29.5 Å². The Morgan fingerprint density at radius 3 is 1.90 bits per heavy atom. The van der Waals surface area contributed by atoms with Gasteiger partial charge >= 0.3 is 0 Å². The zero-order valence-corrected chi connectivity index (χ0v) is 14.4. The van der Waals surface area contributed by atoms with Crippen LogP contribution in [0.2, 0.25) is 0 Å². The number of unbranched alkanes of at least 4 members (excludes halogenated alkanes) is 4. The Bertz CT molecular complexity index is 508. The second-order valence-electron chi connectivity index (χ2n) is 5.19. The Morgan fingerprint density at radius 2 is 1.48 bits per heavy atom. The Labute approximate surface area is 131 Å². The smallest absolute Gasteiger partial charge is 0.108 e. The van der Waals surface area contributed by atoms with Crippen LogP contribution in [-0.4, -0.2) is 8.07 Å². The first-order valence-corrected chi connectivity index (χ1v) is 10.1. The number of hydrogen-bond donors (Lipinski definition) is 0. The van der Waals surface area contributed by atoms with Gasteiger partial charge in [-0.1, -0.05) is 62.7 Å². The molecule has 0 unspecified atom stereocenters. The van der Waals surface area contributed by atoms with Crippen molar-refractivity contribution in [1.29, 1.82) is 0 Å². The van der Waals surface area contributed by atoms with Crippen LogP contribution in [0.25, 0.3) is 0 Å². The lowest BCUT2D eigenvalue weighted by Crippen LogP contribution is -2.44. The van der Waals surface area contributed by atoms with E-state index in [1.807, 2.05) is 11.8 Å². The summed E-state index contributed by atoms with van der Waals surface area (Å²) in [5.74, 6) is 6.71. The van der Waals surface area contributed by atoms with Crippen molar-refractivity contribution in [3.8, 4) is 22.9 Å². The topological polar surface area (TPSA) is 0 Å². The van der Waals surface area contributed by atoms with E-state index in [0.717, 1.165) is 25.7 Å². The second kappa shape index (κ2) is 10.1. The number of hydrogen-bond acceptors (Lipinski definition) is 0. The molecule has 0 saturated heterocycles. The molecule has 21 heavy (non-hydrogen) atoms. The van der Waals surface area contributed by atoms with Crippen LogP contribution in [0.3, 0.4) is 0 Å². The third-order valence-corrected chi connectivity index (χ3v) is 6.42. The summed E-state index contributed by atoms with van der Waals surface area (Å²) in [7, 11) is -2.20. The fourth-order valence-electron chi connectivity index (χ4n) is 2.03. The summed E-state index contributed by atoms with van der Waals surface area (Å²) in [5, 5.41) is 1.26. The molecule has 0 aromatic heterocycles. The standard InChI is InChI=1S/C20H26Si/c1-4-7-9-14-18-21(6-3,19-15-10-8-5-2)20-16-12-11-13-17-20/h6,11-13,16-17H,3-5,7-10H2,1-2H3. The van der Waals surface area contributed by atoms with Crippen molar-refractivity contribution in [2.24, 2.45) is 0 Å². The van der Waals surface area contributed by atoms with Gasteiger partial charge in [-0.05, 0) is 18.0 Å². The monoisotopic (exact) mass is 294 g/mol. The van der Waals surface area contributed by atoms with Crippen LogP contribution in [0.4, 0.5) is 0 Å². The first-order valence-electron chi connectivity index (χ1n) is 7.98. The summed E-state index contributed by atoms with van der Waals surface area (Å²) in [4.78, 5) is 0. The van der Waals surface area contributed by atoms with Crippen molar-refractivity contribution in [2.45, 2.75) is 52.4 Å². The molecule has 0 saturated carbocycles. The maximum absolute atomic E-state index is 4.06. The first-order chi connectivity index (χ1) is 10.3. The minimum Gasteiger partial charge on any atom is -0.108 e. The minimum atomic E-state index is -2.20. The van der Waals surface area contributed by atoms with Crippen LogP contribution in [0.15, 0.2) is 42.6 Å². The Kier molecular flexibility index (Phi) is 8.33. The van der Waals surface area contributed by atoms with Gasteiger partial charge in [0.1, 0.15) is 0 Å². The minimum absolute atomic E-state index is 0.961. The van der Waals surface area contributed by atoms with Gasteiger partial charge in [0.2, 0.25) is 0 Å². The molecule has 1 rings (SSSR count). The average Bonchev–Trinajstić information content (AvgIpc) is 2.54. The molecule has 110 valence electrons. The molecule has 0 aliphatic rings. The van der Waals surface area contributed by atoms with Gasteiger partial charge in [0.15, 0.2) is 0 Å². The highest BCUT2D eigenvalue weighted by Gasteiger charge is 2.28. The Hall–Kier alpha value is -1.70.